The van der Waals surface area contributed by atoms with Gasteiger partial charge >= 0.3 is 6.09 Å². The zero-order chi connectivity index (χ0) is 34.0. The van der Waals surface area contributed by atoms with Crippen molar-refractivity contribution in [2.75, 3.05) is 58.3 Å². The van der Waals surface area contributed by atoms with Gasteiger partial charge < -0.3 is 40.8 Å². The lowest BCUT2D eigenvalue weighted by molar-refractivity contribution is -0.117. The van der Waals surface area contributed by atoms with E-state index in [9.17, 15) is 18.4 Å². The third kappa shape index (κ3) is 9.73. The van der Waals surface area contributed by atoms with E-state index in [1.807, 2.05) is 7.05 Å². The number of anilines is 1. The molecule has 2 fully saturated rings. The van der Waals surface area contributed by atoms with Crippen LogP contribution in [0.5, 0.6) is 0 Å². The van der Waals surface area contributed by atoms with Crippen LogP contribution in [0.1, 0.15) is 29.0 Å². The van der Waals surface area contributed by atoms with Crippen molar-refractivity contribution < 1.29 is 37.0 Å². The Morgan fingerprint density at radius 2 is 1.69 bits per heavy atom. The van der Waals surface area contributed by atoms with Crippen LogP contribution in [-0.2, 0) is 25.4 Å². The molecule has 0 spiro atoms. The molecule has 11 nitrogen and oxygen atoms in total. The highest BCUT2D eigenvalue weighted by atomic mass is 19.1. The van der Waals surface area contributed by atoms with E-state index in [4.69, 9.17) is 19.9 Å². The van der Waals surface area contributed by atoms with E-state index in [-0.39, 0.29) is 36.5 Å². The van der Waals surface area contributed by atoms with Crippen LogP contribution in [0.2, 0.25) is 0 Å². The lowest BCUT2D eigenvalue weighted by Crippen LogP contribution is -2.48. The second kappa shape index (κ2) is 16.8. The van der Waals surface area contributed by atoms with Gasteiger partial charge in [-0.15, -0.1) is 0 Å². The zero-order valence-electron chi connectivity index (χ0n) is 26.7. The topological polar surface area (TPSA) is 140 Å². The summed E-state index contributed by atoms with van der Waals surface area (Å²) < 4.78 is 59.6. The molecule has 258 valence electrons. The number of aromatic nitrogens is 1. The number of nitrogens with one attached hydrogen (secondary N) is 3. The van der Waals surface area contributed by atoms with Crippen molar-refractivity contribution in [3.63, 3.8) is 0 Å². The maximum Gasteiger partial charge on any atom is 0.407 e. The molecule has 3 aromatic rings. The van der Waals surface area contributed by atoms with Crippen molar-refractivity contribution in [1.82, 2.24) is 20.5 Å². The van der Waals surface area contributed by atoms with Crippen molar-refractivity contribution in [3.05, 3.63) is 95.1 Å². The number of nitrogens with two attached hydrogens (primary N) is 1. The Labute approximate surface area is 277 Å². The summed E-state index contributed by atoms with van der Waals surface area (Å²) >= 11 is 0. The van der Waals surface area contributed by atoms with Gasteiger partial charge in [-0.3, -0.25) is 9.78 Å². The van der Waals surface area contributed by atoms with Crippen LogP contribution in [0.25, 0.3) is 0 Å². The first-order valence-electron chi connectivity index (χ1n) is 15.9. The number of alkyl carbamates (subject to hydrolysis) is 1. The van der Waals surface area contributed by atoms with E-state index in [1.165, 1.54) is 54.7 Å². The molecule has 4 atom stereocenters. The number of pyridine rings is 1. The Kier molecular flexibility index (Phi) is 12.4. The largest absolute Gasteiger partial charge is 0.447 e. The first-order chi connectivity index (χ1) is 23.2. The summed E-state index contributed by atoms with van der Waals surface area (Å²) in [5.41, 5.74) is 7.94. The first-order valence-corrected chi connectivity index (χ1v) is 15.9. The van der Waals surface area contributed by atoms with Gasteiger partial charge in [-0.05, 0) is 55.3 Å². The summed E-state index contributed by atoms with van der Waals surface area (Å²) in [5.74, 6) is -2.90. The minimum atomic E-state index is -1.20. The van der Waals surface area contributed by atoms with E-state index in [2.05, 4.69) is 25.8 Å². The number of carbonyl (C=O) groups excluding carboxylic acids is 2. The van der Waals surface area contributed by atoms with Crippen LogP contribution in [0.4, 0.5) is 23.7 Å². The lowest BCUT2D eigenvalue weighted by Gasteiger charge is -2.31. The van der Waals surface area contributed by atoms with Gasteiger partial charge in [0.25, 0.3) is 0 Å². The van der Waals surface area contributed by atoms with Crippen LogP contribution in [0, 0.1) is 17.5 Å². The monoisotopic (exact) mass is 670 g/mol. The van der Waals surface area contributed by atoms with E-state index < -0.39 is 47.5 Å². The van der Waals surface area contributed by atoms with Crippen LogP contribution < -0.4 is 21.7 Å². The number of carbonyl (C=O) groups is 2. The Bertz CT molecular complexity index is 1470. The molecule has 14 heteroatoms. The van der Waals surface area contributed by atoms with E-state index >= 15 is 4.39 Å². The minimum Gasteiger partial charge on any atom is -0.447 e. The van der Waals surface area contributed by atoms with Gasteiger partial charge in [-0.25, -0.2) is 18.0 Å². The molecule has 3 heterocycles. The molecule has 0 aliphatic carbocycles. The third-order valence-corrected chi connectivity index (χ3v) is 8.44. The molecule has 2 unspecified atom stereocenters. The molecular weight excluding hydrogens is 629 g/mol. The maximum atomic E-state index is 15.1. The third-order valence-electron chi connectivity index (χ3n) is 8.44. The van der Waals surface area contributed by atoms with Crippen LogP contribution in [-0.4, -0.2) is 99.2 Å². The average molecular weight is 671 g/mol. The summed E-state index contributed by atoms with van der Waals surface area (Å²) in [6.45, 7) is 3.55. The summed E-state index contributed by atoms with van der Waals surface area (Å²) in [5, 5.41) is 8.70. The zero-order valence-corrected chi connectivity index (χ0v) is 26.7. The average Bonchev–Trinajstić information content (AvgIpc) is 3.08. The predicted molar refractivity (Wildman–Crippen MR) is 172 cm³/mol. The molecule has 2 aliphatic heterocycles. The van der Waals surface area contributed by atoms with E-state index in [0.717, 1.165) is 19.3 Å². The van der Waals surface area contributed by atoms with Crippen LogP contribution in [0.3, 0.4) is 0 Å². The van der Waals surface area contributed by atoms with Gasteiger partial charge in [0.1, 0.15) is 30.2 Å². The molecule has 2 aliphatic rings. The van der Waals surface area contributed by atoms with E-state index in [0.29, 0.717) is 43.8 Å². The van der Waals surface area contributed by atoms with Crippen molar-refractivity contribution in [3.8, 4) is 0 Å². The lowest BCUT2D eigenvalue weighted by atomic mass is 9.85. The molecule has 0 saturated carbocycles. The SMILES string of the molecule is CN1CCOC(CNC(=O)OC[C@@H]2CNC[C@@H](CCc3c(F)cncc3NC(=O)C(N)C(c3ccc(F)cc3)c3ccc(F)cc3)O2)C1. The predicted octanol–water partition coefficient (Wildman–Crippen LogP) is 2.94. The fourth-order valence-corrected chi connectivity index (χ4v) is 5.89. The summed E-state index contributed by atoms with van der Waals surface area (Å²) in [6.07, 6.45) is 1.63. The maximum absolute atomic E-state index is 15.1. The number of morpholine rings is 2. The number of likely N-dealkylation sites (N-methyl/N-ethyl adjacent to an activating group) is 1. The molecule has 2 amide bonds. The number of hydrogen-bond acceptors (Lipinski definition) is 9. The highest BCUT2D eigenvalue weighted by molar-refractivity contribution is 5.96. The molecule has 5 N–H and O–H groups in total. The van der Waals surface area contributed by atoms with Gasteiger partial charge in [0.15, 0.2) is 0 Å². The molecule has 2 saturated heterocycles. The highest BCUT2D eigenvalue weighted by Gasteiger charge is 2.30. The minimum absolute atomic E-state index is 0.0346. The molecule has 0 radical (unpaired) electrons. The first kappa shape index (κ1) is 35.2. The molecule has 48 heavy (non-hydrogen) atoms. The number of hydrogen-bond donors (Lipinski definition) is 4. The van der Waals surface area contributed by atoms with Gasteiger partial charge in [-0.2, -0.15) is 0 Å². The Balaban J connectivity index is 1.16. The van der Waals surface area contributed by atoms with Crippen LogP contribution in [0.15, 0.2) is 60.9 Å². The fourth-order valence-electron chi connectivity index (χ4n) is 5.89. The second-order valence-electron chi connectivity index (χ2n) is 12.1. The molecule has 0 bridgehead atoms. The number of ether oxygens (including phenoxy) is 3. The Hall–Kier alpha value is -4.08. The fraction of sp³-hybridized carbons (Fsp3) is 0.441. The Morgan fingerprint density at radius 3 is 2.35 bits per heavy atom. The molecule has 5 rings (SSSR count). The number of amides is 2. The quantitative estimate of drug-likeness (QED) is 0.229. The standard InChI is InChI=1S/C34H41F3N6O5/c1-43-12-13-46-26(19-43)16-41-34(45)47-20-27-15-39-14-25(48-27)10-11-28-29(37)17-40-18-30(28)42-33(44)32(38)31(21-2-6-23(35)7-3-21)22-4-8-24(36)9-5-22/h2-9,17-18,25-27,31-32,39H,10-16,19-20,38H2,1H3,(H,41,45)(H,42,44)/t25-,26?,27+,32?/m1/s1. The highest BCUT2D eigenvalue weighted by Crippen LogP contribution is 2.29. The summed E-state index contributed by atoms with van der Waals surface area (Å²) in [4.78, 5) is 31.8. The van der Waals surface area contributed by atoms with Crippen molar-refractivity contribution >= 4 is 17.7 Å². The van der Waals surface area contributed by atoms with Crippen LogP contribution >= 0.6 is 0 Å². The number of halogens is 3. The van der Waals surface area contributed by atoms with Crippen molar-refractivity contribution in [2.24, 2.45) is 5.73 Å². The summed E-state index contributed by atoms with van der Waals surface area (Å²) in [6, 6.07) is 9.88. The second-order valence-corrected chi connectivity index (χ2v) is 12.1. The van der Waals surface area contributed by atoms with Gasteiger partial charge in [0.05, 0.1) is 42.9 Å². The van der Waals surface area contributed by atoms with Gasteiger partial charge in [0.2, 0.25) is 5.91 Å². The van der Waals surface area contributed by atoms with Crippen molar-refractivity contribution in [2.45, 2.75) is 43.1 Å². The van der Waals surface area contributed by atoms with Gasteiger partial charge in [-0.1, -0.05) is 24.3 Å². The smallest absolute Gasteiger partial charge is 0.407 e. The van der Waals surface area contributed by atoms with Gasteiger partial charge in [0, 0.05) is 44.2 Å². The number of benzene rings is 2. The van der Waals surface area contributed by atoms with E-state index in [1.54, 1.807) is 0 Å². The molecular formula is C34H41F3N6O5. The summed E-state index contributed by atoms with van der Waals surface area (Å²) in [7, 11) is 2.00. The normalized spacial score (nSPS) is 20.7. The number of nitrogens with zero attached hydrogens (tertiary/aromatic N) is 2. The molecule has 2 aromatic carbocycles. The Morgan fingerprint density at radius 1 is 1.02 bits per heavy atom. The number of rotatable bonds is 12. The molecule has 1 aromatic heterocycles. The van der Waals surface area contributed by atoms with Crippen molar-refractivity contribution in [1.29, 1.82) is 0 Å².